The second-order valence-electron chi connectivity index (χ2n) is 2.61. The molecule has 0 spiro atoms. The summed E-state index contributed by atoms with van der Waals surface area (Å²) in [5.41, 5.74) is 0. The molecule has 0 saturated heterocycles. The molecule has 0 radical (unpaired) electrons. The minimum absolute atomic E-state index is 1.27. The van der Waals surface area contributed by atoms with Crippen LogP contribution in [-0.4, -0.2) is 63.2 Å². The molecule has 0 fully saturated rings. The zero-order valence-electron chi connectivity index (χ0n) is 6.31. The largest absolute Gasteiger partial charge is 0.359 e. The van der Waals surface area contributed by atoms with Gasteiger partial charge in [0.1, 0.15) is 0 Å². The molecule has 0 amide bonds. The fraction of sp³-hybridized carbons (Fsp3) is 1.00. The second kappa shape index (κ2) is 4.65. The van der Waals surface area contributed by atoms with Gasteiger partial charge in [-0.1, -0.05) is 0 Å². The van der Waals surface area contributed by atoms with Crippen molar-refractivity contribution in [1.29, 1.82) is 0 Å². The standard InChI is InChI=1S/C2H16N2Si4/c5-3(6)1-2-4(7)8/h1-2H2,5-8H3. The van der Waals surface area contributed by atoms with Crippen molar-refractivity contribution in [3.8, 4) is 0 Å². The number of hydrogen-bond donors (Lipinski definition) is 0. The number of rotatable bonds is 3. The van der Waals surface area contributed by atoms with Crippen LogP contribution in [0.2, 0.25) is 0 Å². The highest BCUT2D eigenvalue weighted by Crippen LogP contribution is 1.72. The van der Waals surface area contributed by atoms with Gasteiger partial charge in [0.25, 0.3) is 0 Å². The number of nitrogens with zero attached hydrogens (tertiary/aromatic N) is 2. The first-order chi connectivity index (χ1) is 3.63. The van der Waals surface area contributed by atoms with E-state index in [-0.39, 0.29) is 0 Å². The van der Waals surface area contributed by atoms with Gasteiger partial charge in [0.05, 0.1) is 41.6 Å². The molecule has 0 aromatic carbocycles. The van der Waals surface area contributed by atoms with E-state index in [0.29, 0.717) is 0 Å². The predicted molar refractivity (Wildman–Crippen MR) is 53.2 cm³/mol. The summed E-state index contributed by atoms with van der Waals surface area (Å²) in [6, 6.07) is 0. The molecule has 6 heteroatoms. The van der Waals surface area contributed by atoms with E-state index in [1.165, 1.54) is 54.7 Å². The van der Waals surface area contributed by atoms with Gasteiger partial charge in [0.2, 0.25) is 0 Å². The van der Waals surface area contributed by atoms with E-state index in [1.807, 2.05) is 0 Å². The molecule has 0 saturated carbocycles. The maximum absolute atomic E-state index is 2.50. The molecular formula is C2H16N2Si4. The summed E-state index contributed by atoms with van der Waals surface area (Å²) in [5, 5.41) is 0. The molecule has 0 bridgehead atoms. The van der Waals surface area contributed by atoms with Crippen LogP contribution in [0.4, 0.5) is 0 Å². The highest BCUT2D eigenvalue weighted by Gasteiger charge is 1.88. The Morgan fingerprint density at radius 3 is 1.12 bits per heavy atom. The average molecular weight is 181 g/mol. The monoisotopic (exact) mass is 180 g/mol. The quantitative estimate of drug-likeness (QED) is 0.401. The Hall–Kier alpha value is 0.788. The molecule has 0 unspecified atom stereocenters. The van der Waals surface area contributed by atoms with Crippen LogP contribution in [0.1, 0.15) is 0 Å². The van der Waals surface area contributed by atoms with Crippen LogP contribution < -0.4 is 0 Å². The molecule has 0 rings (SSSR count). The third-order valence-corrected chi connectivity index (χ3v) is 2.78. The van der Waals surface area contributed by atoms with Gasteiger partial charge in [-0.3, -0.25) is 0 Å². The Bertz CT molecular complexity index is 48.0. The van der Waals surface area contributed by atoms with Crippen molar-refractivity contribution in [3.63, 3.8) is 0 Å². The number of hydrogen-bond acceptors (Lipinski definition) is 2. The van der Waals surface area contributed by atoms with Crippen LogP contribution in [0, 0.1) is 0 Å². The lowest BCUT2D eigenvalue weighted by Gasteiger charge is -2.14. The van der Waals surface area contributed by atoms with Crippen molar-refractivity contribution in [3.05, 3.63) is 0 Å². The van der Waals surface area contributed by atoms with Crippen LogP contribution >= 0.6 is 0 Å². The summed E-state index contributed by atoms with van der Waals surface area (Å²) in [4.78, 5) is 0. The molecule has 50 valence electrons. The zero-order chi connectivity index (χ0) is 6.57. The van der Waals surface area contributed by atoms with E-state index in [1.54, 1.807) is 0 Å². The van der Waals surface area contributed by atoms with Crippen LogP contribution in [-0.2, 0) is 0 Å². The SMILES string of the molecule is [SiH3]N([SiH3])CCN([SiH3])[SiH3]. The van der Waals surface area contributed by atoms with Gasteiger partial charge in [-0.15, -0.1) is 0 Å². The molecule has 0 heterocycles. The van der Waals surface area contributed by atoms with Crippen molar-refractivity contribution in [2.24, 2.45) is 0 Å². The second-order valence-corrected chi connectivity index (χ2v) is 12.3. The predicted octanol–water partition coefficient (Wildman–Crippen LogP) is -5.29. The zero-order valence-corrected chi connectivity index (χ0v) is 14.3. The van der Waals surface area contributed by atoms with Gasteiger partial charge in [-0.25, -0.2) is 0 Å². The lowest BCUT2D eigenvalue weighted by atomic mass is 10.7. The highest BCUT2D eigenvalue weighted by atomic mass is 28.2. The molecule has 0 aliphatic heterocycles. The van der Waals surface area contributed by atoms with Crippen molar-refractivity contribution in [2.45, 2.75) is 0 Å². The van der Waals surface area contributed by atoms with E-state index in [2.05, 4.69) is 8.46 Å². The molecular weight excluding hydrogens is 164 g/mol. The maximum atomic E-state index is 2.50. The minimum atomic E-state index is 1.27. The van der Waals surface area contributed by atoms with Gasteiger partial charge in [0, 0.05) is 0 Å². The first-order valence-electron chi connectivity index (χ1n) is 2.92. The Kier molecular flexibility index (Phi) is 5.10. The van der Waals surface area contributed by atoms with Crippen molar-refractivity contribution in [2.75, 3.05) is 13.1 Å². The fourth-order valence-electron chi connectivity index (χ4n) is 0.400. The average Bonchev–Trinajstić information content (AvgIpc) is 1.61. The van der Waals surface area contributed by atoms with Crippen LogP contribution in [0.25, 0.3) is 0 Å². The molecule has 2 nitrogen and oxygen atoms in total. The Labute approximate surface area is 63.6 Å². The van der Waals surface area contributed by atoms with Gasteiger partial charge >= 0.3 is 0 Å². The smallest absolute Gasteiger partial charge is 0.0698 e. The van der Waals surface area contributed by atoms with Crippen molar-refractivity contribution in [1.82, 2.24) is 8.46 Å². The molecule has 0 aromatic heterocycles. The summed E-state index contributed by atoms with van der Waals surface area (Å²) < 4.78 is 5.01. The summed E-state index contributed by atoms with van der Waals surface area (Å²) in [6.45, 7) is 2.68. The molecule has 0 N–H and O–H groups in total. The summed E-state index contributed by atoms with van der Waals surface area (Å²) >= 11 is 0. The first kappa shape index (κ1) is 8.79. The lowest BCUT2D eigenvalue weighted by Crippen LogP contribution is -2.29. The van der Waals surface area contributed by atoms with Crippen LogP contribution in [0.15, 0.2) is 0 Å². The van der Waals surface area contributed by atoms with E-state index in [0.717, 1.165) is 0 Å². The van der Waals surface area contributed by atoms with E-state index >= 15 is 0 Å². The molecule has 0 aromatic rings. The van der Waals surface area contributed by atoms with E-state index in [4.69, 9.17) is 0 Å². The minimum Gasteiger partial charge on any atom is -0.359 e. The lowest BCUT2D eigenvalue weighted by molar-refractivity contribution is 0.592. The van der Waals surface area contributed by atoms with E-state index in [9.17, 15) is 0 Å². The van der Waals surface area contributed by atoms with E-state index < -0.39 is 0 Å². The van der Waals surface area contributed by atoms with Crippen molar-refractivity contribution < 1.29 is 0 Å². The van der Waals surface area contributed by atoms with Gasteiger partial charge in [0.15, 0.2) is 0 Å². The topological polar surface area (TPSA) is 6.48 Å². The van der Waals surface area contributed by atoms with Gasteiger partial charge < -0.3 is 8.46 Å². The molecule has 0 atom stereocenters. The van der Waals surface area contributed by atoms with Gasteiger partial charge in [-0.2, -0.15) is 0 Å². The summed E-state index contributed by atoms with van der Waals surface area (Å²) in [6.07, 6.45) is 0. The Balaban J connectivity index is 2.93. The highest BCUT2D eigenvalue weighted by molar-refractivity contribution is 6.26. The molecule has 0 aliphatic carbocycles. The Morgan fingerprint density at radius 2 is 1.00 bits per heavy atom. The molecule has 0 aliphatic rings. The summed E-state index contributed by atoms with van der Waals surface area (Å²) in [7, 11) is 5.09. The third kappa shape index (κ3) is 6.79. The molecule has 8 heavy (non-hydrogen) atoms. The van der Waals surface area contributed by atoms with Crippen LogP contribution in [0.3, 0.4) is 0 Å². The van der Waals surface area contributed by atoms with Crippen molar-refractivity contribution >= 4 is 41.6 Å². The fourth-order valence-corrected chi connectivity index (χ4v) is 1.20. The Morgan fingerprint density at radius 1 is 0.750 bits per heavy atom. The maximum Gasteiger partial charge on any atom is 0.0698 e. The third-order valence-electron chi connectivity index (χ3n) is 0.994. The van der Waals surface area contributed by atoms with Crippen LogP contribution in [0.5, 0.6) is 0 Å². The normalized spacial score (nSPS) is 12.8. The van der Waals surface area contributed by atoms with Gasteiger partial charge in [-0.05, 0) is 13.1 Å². The summed E-state index contributed by atoms with van der Waals surface area (Å²) in [5.74, 6) is 0. The first-order valence-corrected chi connectivity index (χ1v) is 6.50.